The van der Waals surface area contributed by atoms with Crippen molar-refractivity contribution in [1.29, 1.82) is 0 Å². The second-order valence-corrected chi connectivity index (χ2v) is 1.80. The van der Waals surface area contributed by atoms with Crippen molar-refractivity contribution in [3.8, 4) is 0 Å². The molecular formula is C9H28N3O. The predicted octanol–water partition coefficient (Wildman–Crippen LogP) is 0.0963. The number of nitrogens with two attached hydrogens (primary N) is 3. The topological polar surface area (TPSA) is 98.3 Å². The molecule has 4 nitrogen and oxygen atoms in total. The fourth-order valence-electron chi connectivity index (χ4n) is 0.440. The van der Waals surface area contributed by atoms with Gasteiger partial charge >= 0.3 is 0 Å². The lowest BCUT2D eigenvalue weighted by Crippen LogP contribution is -1.97. The summed E-state index contributed by atoms with van der Waals surface area (Å²) in [5, 5.41) is 8.57. The van der Waals surface area contributed by atoms with Gasteiger partial charge < -0.3 is 22.3 Å². The Morgan fingerprint density at radius 3 is 1.46 bits per heavy atom. The van der Waals surface area contributed by atoms with E-state index in [-0.39, 0.29) is 6.10 Å². The van der Waals surface area contributed by atoms with Gasteiger partial charge in [-0.1, -0.05) is 19.8 Å². The highest BCUT2D eigenvalue weighted by molar-refractivity contribution is 4.54. The van der Waals surface area contributed by atoms with Crippen LogP contribution in [0, 0.1) is 6.92 Å². The largest absolute Gasteiger partial charge is 0.393 e. The van der Waals surface area contributed by atoms with E-state index < -0.39 is 0 Å². The smallest absolute Gasteiger partial charge is 0.0541 e. The lowest BCUT2D eigenvalue weighted by atomic mass is 10.2. The van der Waals surface area contributed by atoms with Gasteiger partial charge in [0.05, 0.1) is 6.10 Å². The Kier molecular flexibility index (Phi) is 72.3. The van der Waals surface area contributed by atoms with Gasteiger partial charge in [0.2, 0.25) is 0 Å². The molecule has 0 rings (SSSR count). The lowest BCUT2D eigenvalue weighted by Gasteiger charge is -1.98. The van der Waals surface area contributed by atoms with Crippen molar-refractivity contribution in [3.63, 3.8) is 0 Å². The molecule has 4 heteroatoms. The van der Waals surface area contributed by atoms with Gasteiger partial charge in [-0.3, -0.25) is 0 Å². The van der Waals surface area contributed by atoms with Gasteiger partial charge in [-0.2, -0.15) is 0 Å². The maximum Gasteiger partial charge on any atom is 0.0541 e. The first-order chi connectivity index (χ1) is 6.27. The number of unbranched alkanes of at least 4 members (excludes halogenated alkanes) is 1. The first kappa shape index (κ1) is 23.0. The third-order valence-electron chi connectivity index (χ3n) is 0.891. The molecule has 0 bridgehead atoms. The third-order valence-corrected chi connectivity index (χ3v) is 0.891. The van der Waals surface area contributed by atoms with E-state index in [1.807, 2.05) is 0 Å². The predicted molar refractivity (Wildman–Crippen MR) is 61.2 cm³/mol. The zero-order valence-electron chi connectivity index (χ0n) is 9.59. The van der Waals surface area contributed by atoms with Crippen molar-refractivity contribution in [3.05, 3.63) is 6.92 Å². The number of aliphatic hydroxyl groups is 1. The van der Waals surface area contributed by atoms with Gasteiger partial charge in [0.1, 0.15) is 0 Å². The fourth-order valence-corrected chi connectivity index (χ4v) is 0.440. The van der Waals surface area contributed by atoms with E-state index in [4.69, 9.17) is 5.11 Å². The second kappa shape index (κ2) is 40.8. The molecule has 0 aliphatic carbocycles. The Hall–Kier alpha value is -0.160. The molecule has 1 atom stereocenters. The van der Waals surface area contributed by atoms with Gasteiger partial charge in [0, 0.05) is 0 Å². The molecule has 1 unspecified atom stereocenters. The van der Waals surface area contributed by atoms with E-state index in [0.717, 1.165) is 19.3 Å². The lowest BCUT2D eigenvalue weighted by molar-refractivity contribution is 0.206. The minimum absolute atomic E-state index is 0.347. The van der Waals surface area contributed by atoms with Gasteiger partial charge in [-0.05, 0) is 34.5 Å². The summed E-state index contributed by atoms with van der Waals surface area (Å²) in [6, 6.07) is 0. The SMILES string of the molecule is CN.CN.CN.[CH2]C(O)CCCC. The molecule has 1 radical (unpaired) electrons. The normalized spacial score (nSPS) is 9.00. The zero-order chi connectivity index (χ0) is 11.7. The molecule has 0 saturated carbocycles. The monoisotopic (exact) mass is 194 g/mol. The molecule has 7 N–H and O–H groups in total. The minimum Gasteiger partial charge on any atom is -0.393 e. The molecule has 0 aromatic rings. The van der Waals surface area contributed by atoms with Crippen LogP contribution in [0.1, 0.15) is 26.2 Å². The summed E-state index contributed by atoms with van der Waals surface area (Å²) >= 11 is 0. The van der Waals surface area contributed by atoms with Crippen LogP contribution in [0.3, 0.4) is 0 Å². The van der Waals surface area contributed by atoms with Crippen LogP contribution in [0.15, 0.2) is 0 Å². The van der Waals surface area contributed by atoms with Crippen molar-refractivity contribution in [1.82, 2.24) is 0 Å². The second-order valence-electron chi connectivity index (χ2n) is 1.80. The Bertz CT molecular complexity index is 43.8. The van der Waals surface area contributed by atoms with Crippen molar-refractivity contribution in [2.45, 2.75) is 32.3 Å². The van der Waals surface area contributed by atoms with Crippen LogP contribution in [0.5, 0.6) is 0 Å². The zero-order valence-corrected chi connectivity index (χ0v) is 9.59. The van der Waals surface area contributed by atoms with E-state index in [1.165, 1.54) is 21.1 Å². The summed E-state index contributed by atoms with van der Waals surface area (Å²) in [7, 11) is 4.50. The Morgan fingerprint density at radius 2 is 1.38 bits per heavy atom. The minimum atomic E-state index is -0.347. The molecule has 0 aromatic heterocycles. The molecule has 0 aliphatic heterocycles. The molecule has 0 spiro atoms. The summed E-state index contributed by atoms with van der Waals surface area (Å²) in [4.78, 5) is 0. The Balaban J connectivity index is -0.0000000573. The van der Waals surface area contributed by atoms with Crippen LogP contribution in [0.25, 0.3) is 0 Å². The van der Waals surface area contributed by atoms with Crippen LogP contribution in [-0.2, 0) is 0 Å². The summed E-state index contributed by atoms with van der Waals surface area (Å²) < 4.78 is 0. The van der Waals surface area contributed by atoms with Crippen LogP contribution < -0.4 is 17.2 Å². The van der Waals surface area contributed by atoms with Gasteiger partial charge in [-0.15, -0.1) is 0 Å². The van der Waals surface area contributed by atoms with E-state index in [9.17, 15) is 0 Å². The highest BCUT2D eigenvalue weighted by Gasteiger charge is 1.90. The summed E-state index contributed by atoms with van der Waals surface area (Å²) in [6.07, 6.45) is 2.73. The maximum absolute atomic E-state index is 8.57. The van der Waals surface area contributed by atoms with Crippen molar-refractivity contribution < 1.29 is 5.11 Å². The van der Waals surface area contributed by atoms with Crippen molar-refractivity contribution >= 4 is 0 Å². The van der Waals surface area contributed by atoms with Gasteiger partial charge in [0.25, 0.3) is 0 Å². The molecule has 0 aliphatic rings. The summed E-state index contributed by atoms with van der Waals surface area (Å²) in [6.45, 7) is 5.53. The quantitative estimate of drug-likeness (QED) is 0.512. The van der Waals surface area contributed by atoms with Crippen LogP contribution in [0.2, 0.25) is 0 Å². The Labute approximate surface area is 83.5 Å². The van der Waals surface area contributed by atoms with Crippen molar-refractivity contribution in [2.24, 2.45) is 17.2 Å². The standard InChI is InChI=1S/C6H13O.3CH5N/c1-3-4-5-6(2)7;3*1-2/h6-7H,2-5H2,1H3;3*2H2,1H3. The first-order valence-corrected chi connectivity index (χ1v) is 4.51. The average molecular weight is 194 g/mol. The van der Waals surface area contributed by atoms with Crippen molar-refractivity contribution in [2.75, 3.05) is 21.1 Å². The maximum atomic E-state index is 8.57. The van der Waals surface area contributed by atoms with Crippen LogP contribution in [0.4, 0.5) is 0 Å². The van der Waals surface area contributed by atoms with Gasteiger partial charge in [-0.25, -0.2) is 0 Å². The van der Waals surface area contributed by atoms with E-state index in [0.29, 0.717) is 0 Å². The molecule has 13 heavy (non-hydrogen) atoms. The number of hydrogen-bond acceptors (Lipinski definition) is 4. The van der Waals surface area contributed by atoms with E-state index >= 15 is 0 Å². The van der Waals surface area contributed by atoms with Crippen LogP contribution >= 0.6 is 0 Å². The molecular weight excluding hydrogens is 166 g/mol. The van der Waals surface area contributed by atoms with E-state index in [2.05, 4.69) is 31.0 Å². The summed E-state index contributed by atoms with van der Waals surface area (Å²) in [5.41, 5.74) is 13.5. The highest BCUT2D eigenvalue weighted by Crippen LogP contribution is 1.96. The molecule has 0 saturated heterocycles. The average Bonchev–Trinajstić information content (AvgIpc) is 2.24. The fraction of sp³-hybridized carbons (Fsp3) is 0.889. The molecule has 0 amide bonds. The summed E-state index contributed by atoms with van der Waals surface area (Å²) in [5.74, 6) is 0. The number of aliphatic hydroxyl groups excluding tert-OH is 1. The number of hydrogen-bond donors (Lipinski definition) is 4. The third kappa shape index (κ3) is 77.7. The molecule has 85 valence electrons. The first-order valence-electron chi connectivity index (χ1n) is 4.51. The van der Waals surface area contributed by atoms with Gasteiger partial charge in [0.15, 0.2) is 0 Å². The highest BCUT2D eigenvalue weighted by atomic mass is 16.3. The molecule has 0 aromatic carbocycles. The van der Waals surface area contributed by atoms with Crippen LogP contribution in [-0.4, -0.2) is 32.4 Å². The molecule has 0 fully saturated rings. The van der Waals surface area contributed by atoms with E-state index in [1.54, 1.807) is 0 Å². The number of rotatable bonds is 3. The molecule has 0 heterocycles. The Morgan fingerprint density at radius 1 is 1.08 bits per heavy atom.